The number of rotatable bonds is 13. The van der Waals surface area contributed by atoms with E-state index >= 15 is 0 Å². The van der Waals surface area contributed by atoms with Crippen molar-refractivity contribution in [1.29, 1.82) is 0 Å². The Morgan fingerprint density at radius 2 is 1.43 bits per heavy atom. The molecule has 4 rings (SSSR count). The first-order valence-electron chi connectivity index (χ1n) is 13.7. The van der Waals surface area contributed by atoms with Gasteiger partial charge in [-0.15, -0.1) is 0 Å². The molecule has 0 heterocycles. The van der Waals surface area contributed by atoms with E-state index in [1.807, 2.05) is 87.8 Å². The summed E-state index contributed by atoms with van der Waals surface area (Å²) in [4.78, 5) is 24.6. The molecule has 0 aliphatic heterocycles. The van der Waals surface area contributed by atoms with E-state index in [2.05, 4.69) is 44.7 Å². The van der Waals surface area contributed by atoms with Gasteiger partial charge in [0.05, 0.1) is 0 Å². The molecule has 0 aromatic heterocycles. The first-order chi connectivity index (χ1) is 19.1. The maximum absolute atomic E-state index is 13.5. The number of benzene rings is 2. The van der Waals surface area contributed by atoms with Gasteiger partial charge >= 0.3 is 5.97 Å². The predicted octanol–water partition coefficient (Wildman–Crippen LogP) is 7.14. The van der Waals surface area contributed by atoms with Crippen LogP contribution in [0.5, 0.6) is 0 Å². The molecule has 2 fully saturated rings. The zero-order valence-corrected chi connectivity index (χ0v) is 25.4. The van der Waals surface area contributed by atoms with E-state index in [0.717, 1.165) is 30.4 Å². The predicted molar refractivity (Wildman–Crippen MR) is 163 cm³/mol. The minimum absolute atomic E-state index is 0. The monoisotopic (exact) mass is 594 g/mol. The summed E-state index contributed by atoms with van der Waals surface area (Å²) in [6.07, 6.45) is 20.0. The second kappa shape index (κ2) is 19.4. The second-order valence-electron chi connectivity index (χ2n) is 9.54. The van der Waals surface area contributed by atoms with Gasteiger partial charge in [0.1, 0.15) is 18.3 Å². The zero-order chi connectivity index (χ0) is 27.9. The molecular formula is C35H39FeO3P. The van der Waals surface area contributed by atoms with Gasteiger partial charge in [-0.25, -0.2) is 0 Å². The molecule has 0 N–H and O–H groups in total. The van der Waals surface area contributed by atoms with Crippen LogP contribution in [0.3, 0.4) is 0 Å². The zero-order valence-electron chi connectivity index (χ0n) is 23.4. The Morgan fingerprint density at radius 3 is 1.90 bits per heavy atom. The number of carbonyl (C=O) groups is 2. The van der Waals surface area contributed by atoms with Crippen LogP contribution in [0.2, 0.25) is 0 Å². The van der Waals surface area contributed by atoms with Crippen LogP contribution in [0.1, 0.15) is 46.0 Å². The smallest absolute Gasteiger partial charge is 0.314 e. The average molecular weight is 595 g/mol. The molecular weight excluding hydrogens is 555 g/mol. The van der Waals surface area contributed by atoms with E-state index in [1.165, 1.54) is 10.6 Å². The standard InChI is InChI=1S/C30H34O3P.C5H5.Fe/c1-4-23(3)21-25(22-24(5-2)19-20-31)33-30(32)28-17-12-18-29(28)34(26-13-8-6-9-14-26)27-15-10-7-11-16-27;1-2-4-5-3-1;/h6-18,20,24-25H,3-5,19,21-22H2,1-2H3;1-5H;/t24-,25-;;/m1../s1. The van der Waals surface area contributed by atoms with Crippen molar-refractivity contribution < 1.29 is 31.4 Å². The molecule has 0 bridgehead atoms. The Bertz CT molecular complexity index is 945. The molecule has 2 aromatic rings. The summed E-state index contributed by atoms with van der Waals surface area (Å²) in [5.41, 5.74) is 2.06. The van der Waals surface area contributed by atoms with Crippen molar-refractivity contribution in [3.05, 3.63) is 136 Å². The molecule has 3 nitrogen and oxygen atoms in total. The molecule has 2 saturated carbocycles. The maximum atomic E-state index is 13.5. The summed E-state index contributed by atoms with van der Waals surface area (Å²) in [6.45, 7) is 8.26. The van der Waals surface area contributed by atoms with Gasteiger partial charge in [-0.05, 0) is 88.7 Å². The van der Waals surface area contributed by atoms with Crippen molar-refractivity contribution in [2.75, 3.05) is 0 Å². The van der Waals surface area contributed by atoms with E-state index in [1.54, 1.807) is 0 Å². The molecule has 0 spiro atoms. The summed E-state index contributed by atoms with van der Waals surface area (Å²) in [5, 5.41) is 2.38. The second-order valence-corrected chi connectivity index (χ2v) is 11.7. The van der Waals surface area contributed by atoms with Gasteiger partial charge in [0.15, 0.2) is 0 Å². The first kappa shape index (κ1) is 34.5. The van der Waals surface area contributed by atoms with Gasteiger partial charge in [-0.2, -0.15) is 0 Å². The fourth-order valence-electron chi connectivity index (χ4n) is 4.47. The normalized spacial score (nSPS) is 16.9. The Morgan fingerprint density at radius 1 is 0.875 bits per heavy atom. The molecule has 0 amide bonds. The summed E-state index contributed by atoms with van der Waals surface area (Å²) in [7, 11) is -0.897. The Hall–Kier alpha value is -1.73. The third-order valence-corrected chi connectivity index (χ3v) is 9.23. The third-order valence-electron chi connectivity index (χ3n) is 6.73. The Kier molecular flexibility index (Phi) is 16.7. The van der Waals surface area contributed by atoms with Crippen molar-refractivity contribution in [3.8, 4) is 0 Å². The minimum atomic E-state index is -0.897. The van der Waals surface area contributed by atoms with E-state index < -0.39 is 7.92 Å². The van der Waals surface area contributed by atoms with Crippen LogP contribution in [-0.4, -0.2) is 18.4 Å². The SMILES string of the molecule is C=C(CC)C[C@H](C[C@H](CC)CC=O)OC(=O)[C]1[CH][CH][CH][C]1P(c1ccccc1)c1ccccc1.[CH]1[CH][CH][CH][CH]1.[Fe]. The first-order valence-corrected chi connectivity index (χ1v) is 15.0. The molecule has 40 heavy (non-hydrogen) atoms. The number of carbonyl (C=O) groups excluding carboxylic acids is 2. The molecule has 2 atom stereocenters. The van der Waals surface area contributed by atoms with Gasteiger partial charge in [0.25, 0.3) is 0 Å². The summed E-state index contributed by atoms with van der Waals surface area (Å²) < 4.78 is 6.10. The number of esters is 1. The Labute approximate surface area is 255 Å². The van der Waals surface area contributed by atoms with Crippen LogP contribution < -0.4 is 10.6 Å². The molecule has 10 radical (unpaired) electrons. The van der Waals surface area contributed by atoms with Crippen molar-refractivity contribution in [3.63, 3.8) is 0 Å². The number of aldehydes is 1. The molecule has 2 aliphatic rings. The van der Waals surface area contributed by atoms with Crippen LogP contribution in [-0.2, 0) is 31.4 Å². The summed E-state index contributed by atoms with van der Waals surface area (Å²) in [5.74, 6) is 0.522. The van der Waals surface area contributed by atoms with E-state index in [-0.39, 0.29) is 35.1 Å². The van der Waals surface area contributed by atoms with Crippen LogP contribution in [0, 0.1) is 68.9 Å². The van der Waals surface area contributed by atoms with E-state index in [9.17, 15) is 9.59 Å². The minimum Gasteiger partial charge on any atom is -0.462 e. The van der Waals surface area contributed by atoms with Crippen LogP contribution in [0.25, 0.3) is 0 Å². The molecule has 2 aromatic carbocycles. The number of hydrogen-bond donors (Lipinski definition) is 0. The number of hydrogen-bond acceptors (Lipinski definition) is 3. The molecule has 2 aliphatic carbocycles. The molecule has 210 valence electrons. The van der Waals surface area contributed by atoms with Gasteiger partial charge in [-0.1, -0.05) is 93.1 Å². The van der Waals surface area contributed by atoms with Gasteiger partial charge in [-0.3, -0.25) is 4.79 Å². The van der Waals surface area contributed by atoms with Crippen LogP contribution >= 0.6 is 7.92 Å². The maximum Gasteiger partial charge on any atom is 0.314 e. The van der Waals surface area contributed by atoms with E-state index in [0.29, 0.717) is 25.2 Å². The van der Waals surface area contributed by atoms with Crippen molar-refractivity contribution in [2.45, 2.75) is 52.1 Å². The van der Waals surface area contributed by atoms with Crippen molar-refractivity contribution in [1.82, 2.24) is 0 Å². The summed E-state index contributed by atoms with van der Waals surface area (Å²) in [6, 6.07) is 20.7. The van der Waals surface area contributed by atoms with Crippen molar-refractivity contribution >= 4 is 30.8 Å². The fourth-order valence-corrected chi connectivity index (χ4v) is 6.91. The fraction of sp³-hybridized carbons (Fsp3) is 0.257. The summed E-state index contributed by atoms with van der Waals surface area (Å²) >= 11 is 0. The molecule has 5 heteroatoms. The Balaban J connectivity index is 0.000000840. The number of ether oxygens (including phenoxy) is 1. The van der Waals surface area contributed by atoms with E-state index in [4.69, 9.17) is 4.74 Å². The van der Waals surface area contributed by atoms with Crippen molar-refractivity contribution in [2.24, 2.45) is 5.92 Å². The third kappa shape index (κ3) is 10.9. The largest absolute Gasteiger partial charge is 0.462 e. The van der Waals surface area contributed by atoms with Crippen LogP contribution in [0.4, 0.5) is 0 Å². The average Bonchev–Trinajstić information content (AvgIpc) is 3.70. The topological polar surface area (TPSA) is 43.4 Å². The molecule has 0 saturated heterocycles. The molecule has 0 unspecified atom stereocenters. The van der Waals surface area contributed by atoms with Gasteiger partial charge < -0.3 is 9.53 Å². The quantitative estimate of drug-likeness (QED) is 0.0814. The van der Waals surface area contributed by atoms with Gasteiger partial charge in [0.2, 0.25) is 0 Å². The van der Waals surface area contributed by atoms with Gasteiger partial charge in [0, 0.05) is 35.6 Å². The van der Waals surface area contributed by atoms with Crippen LogP contribution in [0.15, 0.2) is 72.8 Å².